The molecule has 1 aromatic heterocycles. The van der Waals surface area contributed by atoms with Gasteiger partial charge in [-0.2, -0.15) is 4.31 Å². The number of halogens is 1. The molecule has 0 amide bonds. The quantitative estimate of drug-likeness (QED) is 0.778. The van der Waals surface area contributed by atoms with Crippen molar-refractivity contribution in [1.82, 2.24) is 4.31 Å². The van der Waals surface area contributed by atoms with Gasteiger partial charge in [0.2, 0.25) is 0 Å². The summed E-state index contributed by atoms with van der Waals surface area (Å²) >= 11 is 8.73. The smallest absolute Gasteiger partial charge is 0.253 e. The molecule has 1 saturated heterocycles. The predicted octanol–water partition coefficient (Wildman–Crippen LogP) is 2.21. The number of nitrogens with zero attached hydrogens (tertiary/aromatic N) is 1. The molecule has 0 spiro atoms. The van der Waals surface area contributed by atoms with Crippen LogP contribution >= 0.6 is 34.7 Å². The minimum atomic E-state index is -3.40. The van der Waals surface area contributed by atoms with Crippen LogP contribution in [0.3, 0.4) is 0 Å². The van der Waals surface area contributed by atoms with Crippen LogP contribution in [-0.4, -0.2) is 45.2 Å². The molecule has 4 nitrogen and oxygen atoms in total. The van der Waals surface area contributed by atoms with Crippen molar-refractivity contribution in [3.05, 3.63) is 46.3 Å². The lowest BCUT2D eigenvalue weighted by molar-refractivity contribution is -0.917. The second kappa shape index (κ2) is 7.76. The van der Waals surface area contributed by atoms with E-state index in [-0.39, 0.29) is 0 Å². The molecule has 24 heavy (non-hydrogen) atoms. The summed E-state index contributed by atoms with van der Waals surface area (Å²) in [6.07, 6.45) is 2.07. The number of sulfonamides is 1. The SMILES string of the molecule is CSc1ccc(C[NH+]2CCN(S(=O)(=O)c3ccc(Cl)s3)CC2)cc1. The number of quaternary nitrogens is 1. The topological polar surface area (TPSA) is 41.8 Å². The van der Waals surface area contributed by atoms with Crippen molar-refractivity contribution in [2.24, 2.45) is 0 Å². The van der Waals surface area contributed by atoms with Crippen LogP contribution in [0.1, 0.15) is 5.56 Å². The van der Waals surface area contributed by atoms with Gasteiger partial charge in [0.15, 0.2) is 0 Å². The summed E-state index contributed by atoms with van der Waals surface area (Å²) < 4.78 is 27.6. The Labute approximate surface area is 156 Å². The van der Waals surface area contributed by atoms with Gasteiger partial charge in [0.05, 0.1) is 30.5 Å². The van der Waals surface area contributed by atoms with Crippen LogP contribution in [0.15, 0.2) is 45.5 Å². The Hall–Kier alpha value is -0.570. The van der Waals surface area contributed by atoms with Crippen LogP contribution in [0.25, 0.3) is 0 Å². The number of thiophene rings is 1. The molecule has 1 aliphatic heterocycles. The van der Waals surface area contributed by atoms with Crippen molar-refractivity contribution in [3.63, 3.8) is 0 Å². The Bertz CT molecular complexity index is 782. The van der Waals surface area contributed by atoms with Crippen LogP contribution < -0.4 is 4.90 Å². The van der Waals surface area contributed by atoms with E-state index < -0.39 is 10.0 Å². The molecule has 3 rings (SSSR count). The molecule has 8 heteroatoms. The molecule has 0 unspecified atom stereocenters. The van der Waals surface area contributed by atoms with Gasteiger partial charge in [-0.15, -0.1) is 23.1 Å². The molecule has 0 aliphatic carbocycles. The molecule has 1 aromatic carbocycles. The van der Waals surface area contributed by atoms with E-state index in [1.54, 1.807) is 28.2 Å². The summed E-state index contributed by atoms with van der Waals surface area (Å²) in [6.45, 7) is 3.69. The third-order valence-corrected chi connectivity index (χ3v) is 8.53. The summed E-state index contributed by atoms with van der Waals surface area (Å²) in [4.78, 5) is 2.68. The summed E-state index contributed by atoms with van der Waals surface area (Å²) in [5.41, 5.74) is 1.30. The Morgan fingerprint density at radius 3 is 2.38 bits per heavy atom. The highest BCUT2D eigenvalue weighted by Gasteiger charge is 2.31. The number of rotatable bonds is 5. The number of thioether (sulfide) groups is 1. The summed E-state index contributed by atoms with van der Waals surface area (Å²) in [7, 11) is -3.40. The molecular weight excluding hydrogens is 384 g/mol. The molecule has 1 fully saturated rings. The van der Waals surface area contributed by atoms with Crippen LogP contribution in [0, 0.1) is 0 Å². The normalized spacial score (nSPS) is 17.2. The van der Waals surface area contributed by atoms with Crippen LogP contribution in [0.5, 0.6) is 0 Å². The van der Waals surface area contributed by atoms with E-state index in [1.165, 1.54) is 15.4 Å². The van der Waals surface area contributed by atoms with E-state index >= 15 is 0 Å². The zero-order chi connectivity index (χ0) is 17.2. The van der Waals surface area contributed by atoms with E-state index in [1.807, 2.05) is 0 Å². The Morgan fingerprint density at radius 1 is 1.17 bits per heavy atom. The zero-order valence-corrected chi connectivity index (χ0v) is 16.6. The average molecular weight is 404 g/mol. The first-order chi connectivity index (χ1) is 11.5. The highest BCUT2D eigenvalue weighted by atomic mass is 35.5. The van der Waals surface area contributed by atoms with Crippen LogP contribution in [-0.2, 0) is 16.6 Å². The summed E-state index contributed by atoms with van der Waals surface area (Å²) in [5, 5.41) is 0. The minimum absolute atomic E-state index is 0.337. The zero-order valence-electron chi connectivity index (χ0n) is 13.4. The molecule has 2 aromatic rings. The molecule has 0 atom stereocenters. The first-order valence-electron chi connectivity index (χ1n) is 7.71. The van der Waals surface area contributed by atoms with E-state index in [4.69, 9.17) is 11.6 Å². The standard InChI is InChI=1S/C16H19ClN2O2S3/c1-22-14-4-2-13(3-5-14)12-18-8-10-19(11-9-18)24(20,21)16-7-6-15(17)23-16/h2-7H,8-12H2,1H3/p+1. The largest absolute Gasteiger partial charge is 0.329 e. The van der Waals surface area contributed by atoms with Gasteiger partial charge in [0.1, 0.15) is 10.8 Å². The van der Waals surface area contributed by atoms with Crippen molar-refractivity contribution >= 4 is 44.7 Å². The fraction of sp³-hybridized carbons (Fsp3) is 0.375. The maximum Gasteiger partial charge on any atom is 0.253 e. The lowest BCUT2D eigenvalue weighted by Crippen LogP contribution is -3.13. The van der Waals surface area contributed by atoms with E-state index in [2.05, 4.69) is 30.5 Å². The first-order valence-corrected chi connectivity index (χ1v) is 11.6. The number of hydrogen-bond acceptors (Lipinski definition) is 4. The van der Waals surface area contributed by atoms with Gasteiger partial charge < -0.3 is 4.90 Å². The minimum Gasteiger partial charge on any atom is -0.329 e. The molecule has 2 heterocycles. The fourth-order valence-corrected chi connectivity index (χ4v) is 6.30. The van der Waals surface area contributed by atoms with Crippen LogP contribution in [0.2, 0.25) is 4.34 Å². The molecule has 0 saturated carbocycles. The number of piperazine rings is 1. The van der Waals surface area contributed by atoms with Crippen molar-refractivity contribution in [2.45, 2.75) is 15.6 Å². The average Bonchev–Trinajstić information content (AvgIpc) is 3.03. The Balaban J connectivity index is 1.59. The first kappa shape index (κ1) is 18.2. The highest BCUT2D eigenvalue weighted by molar-refractivity contribution is 7.98. The van der Waals surface area contributed by atoms with Gasteiger partial charge >= 0.3 is 0 Å². The van der Waals surface area contributed by atoms with Gasteiger partial charge in [-0.3, -0.25) is 0 Å². The monoisotopic (exact) mass is 403 g/mol. The van der Waals surface area contributed by atoms with Crippen molar-refractivity contribution < 1.29 is 13.3 Å². The second-order valence-corrected chi connectivity index (χ2v) is 10.5. The highest BCUT2D eigenvalue weighted by Crippen LogP contribution is 2.28. The van der Waals surface area contributed by atoms with Crippen LogP contribution in [0.4, 0.5) is 0 Å². The number of nitrogens with one attached hydrogen (secondary N) is 1. The molecule has 0 bridgehead atoms. The van der Waals surface area contributed by atoms with Gasteiger partial charge in [-0.25, -0.2) is 8.42 Å². The fourth-order valence-electron chi connectivity index (χ4n) is 2.82. The molecule has 1 N–H and O–H groups in total. The van der Waals surface area contributed by atoms with E-state index in [0.717, 1.165) is 31.0 Å². The van der Waals surface area contributed by atoms with Gasteiger partial charge in [-0.1, -0.05) is 23.7 Å². The Kier molecular flexibility index (Phi) is 5.89. The molecule has 130 valence electrons. The lowest BCUT2D eigenvalue weighted by Gasteiger charge is -2.31. The van der Waals surface area contributed by atoms with Gasteiger partial charge in [0, 0.05) is 10.5 Å². The third kappa shape index (κ3) is 4.15. The number of benzene rings is 1. The second-order valence-electron chi connectivity index (χ2n) is 5.74. The Morgan fingerprint density at radius 2 is 1.83 bits per heavy atom. The van der Waals surface area contributed by atoms with Crippen molar-refractivity contribution in [3.8, 4) is 0 Å². The van der Waals surface area contributed by atoms with Crippen molar-refractivity contribution in [1.29, 1.82) is 0 Å². The molecular formula is C16H20ClN2O2S3+. The summed E-state index contributed by atoms with van der Waals surface area (Å²) in [5.74, 6) is 0. The van der Waals surface area contributed by atoms with Gasteiger partial charge in [0.25, 0.3) is 10.0 Å². The van der Waals surface area contributed by atoms with E-state index in [0.29, 0.717) is 21.6 Å². The summed E-state index contributed by atoms with van der Waals surface area (Å²) in [6, 6.07) is 11.8. The van der Waals surface area contributed by atoms with Gasteiger partial charge in [-0.05, 0) is 30.5 Å². The maximum absolute atomic E-state index is 12.6. The number of hydrogen-bond donors (Lipinski definition) is 1. The van der Waals surface area contributed by atoms with E-state index in [9.17, 15) is 8.42 Å². The lowest BCUT2D eigenvalue weighted by atomic mass is 10.2. The molecule has 1 aliphatic rings. The predicted molar refractivity (Wildman–Crippen MR) is 101 cm³/mol. The third-order valence-electron chi connectivity index (χ3n) is 4.19. The van der Waals surface area contributed by atoms with Crippen molar-refractivity contribution in [2.75, 3.05) is 32.4 Å². The molecule has 0 radical (unpaired) electrons. The maximum atomic E-state index is 12.6.